The second kappa shape index (κ2) is 4.26. The number of fused-ring (bicyclic) bond motifs is 2. The van der Waals surface area contributed by atoms with E-state index < -0.39 is 0 Å². The Hall–Kier alpha value is -2.15. The molecule has 7 heteroatoms. The SMILES string of the molecule is CCOC(=O)N1C=CC2=C(C=NC3=NCNN32)C1. The summed E-state index contributed by atoms with van der Waals surface area (Å²) in [4.78, 5) is 21.6. The molecule has 3 rings (SSSR count). The average Bonchev–Trinajstić information content (AvgIpc) is 2.87. The lowest BCUT2D eigenvalue weighted by molar-refractivity contribution is 0.124. The molecule has 1 amide bonds. The molecule has 7 nitrogen and oxygen atoms in total. The van der Waals surface area contributed by atoms with E-state index in [0.29, 0.717) is 25.8 Å². The standard InChI is InChI=1S/C11H13N5O2/c1-2-18-11(17)15-4-3-9-8(6-15)5-12-10-13-7-14-16(9)10/h3-5,14H,2,6-7H2,1H3. The molecule has 0 bridgehead atoms. The van der Waals surface area contributed by atoms with Gasteiger partial charge in [-0.25, -0.2) is 25.2 Å². The fourth-order valence-corrected chi connectivity index (χ4v) is 1.99. The second-order valence-electron chi connectivity index (χ2n) is 3.92. The largest absolute Gasteiger partial charge is 0.449 e. The minimum atomic E-state index is -0.345. The van der Waals surface area contributed by atoms with Crippen molar-refractivity contribution in [2.75, 3.05) is 19.8 Å². The Morgan fingerprint density at radius 3 is 3.33 bits per heavy atom. The summed E-state index contributed by atoms with van der Waals surface area (Å²) >= 11 is 0. The van der Waals surface area contributed by atoms with Crippen LogP contribution < -0.4 is 5.43 Å². The highest BCUT2D eigenvalue weighted by Gasteiger charge is 2.28. The summed E-state index contributed by atoms with van der Waals surface area (Å²) in [5, 5.41) is 1.83. The van der Waals surface area contributed by atoms with E-state index in [4.69, 9.17) is 4.74 Å². The molecule has 0 spiro atoms. The zero-order valence-corrected chi connectivity index (χ0v) is 9.96. The summed E-state index contributed by atoms with van der Waals surface area (Å²) in [5.41, 5.74) is 5.03. The third-order valence-electron chi connectivity index (χ3n) is 2.81. The van der Waals surface area contributed by atoms with Gasteiger partial charge in [0.05, 0.1) is 18.8 Å². The maximum Gasteiger partial charge on any atom is 0.414 e. The molecule has 0 aromatic carbocycles. The van der Waals surface area contributed by atoms with Crippen molar-refractivity contribution in [3.8, 4) is 0 Å². The number of nitrogens with one attached hydrogen (secondary N) is 1. The van der Waals surface area contributed by atoms with Crippen LogP contribution >= 0.6 is 0 Å². The number of hydrogen-bond acceptors (Lipinski definition) is 6. The van der Waals surface area contributed by atoms with E-state index in [0.717, 1.165) is 11.3 Å². The first-order valence-electron chi connectivity index (χ1n) is 5.76. The highest BCUT2D eigenvalue weighted by atomic mass is 16.6. The number of nitrogens with zero attached hydrogens (tertiary/aromatic N) is 4. The summed E-state index contributed by atoms with van der Waals surface area (Å²) in [7, 11) is 0. The van der Waals surface area contributed by atoms with E-state index in [-0.39, 0.29) is 6.09 Å². The zero-order chi connectivity index (χ0) is 12.5. The summed E-state index contributed by atoms with van der Waals surface area (Å²) < 4.78 is 4.96. The Bertz CT molecular complexity index is 506. The van der Waals surface area contributed by atoms with E-state index in [1.165, 1.54) is 4.90 Å². The molecule has 3 aliphatic heterocycles. The molecule has 18 heavy (non-hydrogen) atoms. The molecule has 0 saturated heterocycles. The van der Waals surface area contributed by atoms with E-state index in [1.807, 2.05) is 11.1 Å². The molecular formula is C11H13N5O2. The monoisotopic (exact) mass is 247 g/mol. The lowest BCUT2D eigenvalue weighted by Gasteiger charge is -2.30. The average molecular weight is 247 g/mol. The highest BCUT2D eigenvalue weighted by molar-refractivity contribution is 5.99. The summed E-state index contributed by atoms with van der Waals surface area (Å²) in [6.07, 6.45) is 4.97. The van der Waals surface area contributed by atoms with Crippen molar-refractivity contribution in [3.05, 3.63) is 23.5 Å². The van der Waals surface area contributed by atoms with Crippen molar-refractivity contribution in [1.29, 1.82) is 0 Å². The van der Waals surface area contributed by atoms with Crippen LogP contribution in [0.1, 0.15) is 6.92 Å². The van der Waals surface area contributed by atoms with Gasteiger partial charge >= 0.3 is 6.09 Å². The minimum Gasteiger partial charge on any atom is -0.449 e. The van der Waals surface area contributed by atoms with Crippen molar-refractivity contribution < 1.29 is 9.53 Å². The Kier molecular flexibility index (Phi) is 2.60. The number of hydrogen-bond donors (Lipinski definition) is 1. The molecule has 0 aromatic rings. The maximum atomic E-state index is 11.6. The lowest BCUT2D eigenvalue weighted by atomic mass is 10.1. The van der Waals surface area contributed by atoms with Crippen LogP contribution in [0.25, 0.3) is 0 Å². The van der Waals surface area contributed by atoms with Crippen LogP contribution in [-0.2, 0) is 4.74 Å². The van der Waals surface area contributed by atoms with Gasteiger partial charge in [-0.3, -0.25) is 4.90 Å². The highest BCUT2D eigenvalue weighted by Crippen LogP contribution is 2.22. The summed E-state index contributed by atoms with van der Waals surface area (Å²) in [6.45, 7) is 3.14. The molecule has 1 N–H and O–H groups in total. The first-order valence-corrected chi connectivity index (χ1v) is 5.76. The molecule has 0 fully saturated rings. The lowest BCUT2D eigenvalue weighted by Crippen LogP contribution is -2.41. The van der Waals surface area contributed by atoms with Gasteiger partial charge in [0.25, 0.3) is 0 Å². The van der Waals surface area contributed by atoms with Crippen LogP contribution in [0.2, 0.25) is 0 Å². The first kappa shape index (κ1) is 11.0. The fourth-order valence-electron chi connectivity index (χ4n) is 1.99. The number of aliphatic imine (C=N–C) groups is 2. The van der Waals surface area contributed by atoms with E-state index in [2.05, 4.69) is 15.4 Å². The number of amides is 1. The molecular weight excluding hydrogens is 234 g/mol. The smallest absolute Gasteiger partial charge is 0.414 e. The Balaban J connectivity index is 1.80. The number of ether oxygens (including phenoxy) is 1. The Morgan fingerprint density at radius 1 is 1.61 bits per heavy atom. The molecule has 94 valence electrons. The van der Waals surface area contributed by atoms with Crippen LogP contribution in [0.5, 0.6) is 0 Å². The van der Waals surface area contributed by atoms with Gasteiger partial charge in [0.1, 0.15) is 6.67 Å². The van der Waals surface area contributed by atoms with Gasteiger partial charge in [-0.15, -0.1) is 0 Å². The topological polar surface area (TPSA) is 69.5 Å². The summed E-state index contributed by atoms with van der Waals surface area (Å²) in [6, 6.07) is 0. The Morgan fingerprint density at radius 2 is 2.50 bits per heavy atom. The number of carbonyl (C=O) groups is 1. The maximum absolute atomic E-state index is 11.6. The molecule has 0 aliphatic carbocycles. The molecule has 0 saturated carbocycles. The van der Waals surface area contributed by atoms with Crippen molar-refractivity contribution in [1.82, 2.24) is 15.3 Å². The summed E-state index contributed by atoms with van der Waals surface area (Å²) in [5.74, 6) is 0.656. The number of rotatable bonds is 1. The number of guanidine groups is 1. The van der Waals surface area contributed by atoms with Gasteiger partial charge in [-0.05, 0) is 13.0 Å². The van der Waals surface area contributed by atoms with Crippen LogP contribution in [0, 0.1) is 0 Å². The Labute approximate surface area is 104 Å². The number of carbonyl (C=O) groups excluding carboxylic acids is 1. The molecule has 3 aliphatic rings. The van der Waals surface area contributed by atoms with Gasteiger partial charge in [0.15, 0.2) is 0 Å². The molecule has 3 heterocycles. The van der Waals surface area contributed by atoms with Gasteiger partial charge in [-0.2, -0.15) is 0 Å². The quantitative estimate of drug-likeness (QED) is 0.730. The van der Waals surface area contributed by atoms with Crippen molar-refractivity contribution in [2.24, 2.45) is 9.98 Å². The number of hydrazine groups is 1. The third kappa shape index (κ3) is 1.68. The fraction of sp³-hybridized carbons (Fsp3) is 0.364. The van der Waals surface area contributed by atoms with Crippen molar-refractivity contribution in [2.45, 2.75) is 6.92 Å². The van der Waals surface area contributed by atoms with Gasteiger partial charge < -0.3 is 4.74 Å². The number of allylic oxidation sites excluding steroid dienone is 1. The minimum absolute atomic E-state index is 0.345. The van der Waals surface area contributed by atoms with Crippen LogP contribution in [0.15, 0.2) is 33.5 Å². The van der Waals surface area contributed by atoms with E-state index in [1.54, 1.807) is 19.3 Å². The predicted molar refractivity (Wildman–Crippen MR) is 65.7 cm³/mol. The first-order chi connectivity index (χ1) is 8.79. The van der Waals surface area contributed by atoms with Gasteiger partial charge in [0, 0.05) is 18.0 Å². The van der Waals surface area contributed by atoms with Crippen LogP contribution in [0.3, 0.4) is 0 Å². The van der Waals surface area contributed by atoms with E-state index >= 15 is 0 Å². The molecule has 0 radical (unpaired) electrons. The van der Waals surface area contributed by atoms with Crippen molar-refractivity contribution in [3.63, 3.8) is 0 Å². The van der Waals surface area contributed by atoms with E-state index in [9.17, 15) is 4.79 Å². The van der Waals surface area contributed by atoms with Gasteiger partial charge in [-0.1, -0.05) is 0 Å². The molecule has 0 unspecified atom stereocenters. The van der Waals surface area contributed by atoms with Crippen molar-refractivity contribution >= 4 is 18.3 Å². The third-order valence-corrected chi connectivity index (χ3v) is 2.81. The predicted octanol–water partition coefficient (Wildman–Crippen LogP) is 0.444. The van der Waals surface area contributed by atoms with Gasteiger partial charge in [0.2, 0.25) is 5.96 Å². The zero-order valence-electron chi connectivity index (χ0n) is 9.96. The van der Waals surface area contributed by atoms with Crippen LogP contribution in [0.4, 0.5) is 4.79 Å². The van der Waals surface area contributed by atoms with Crippen LogP contribution in [-0.4, -0.2) is 48.0 Å². The normalized spacial score (nSPS) is 20.8. The molecule has 0 aromatic heterocycles. The second-order valence-corrected chi connectivity index (χ2v) is 3.92. The molecule has 0 atom stereocenters.